The summed E-state index contributed by atoms with van der Waals surface area (Å²) in [7, 11) is 0. The van der Waals surface area contributed by atoms with Crippen molar-refractivity contribution in [3.05, 3.63) is 0 Å². The molecule has 1 saturated heterocycles. The summed E-state index contributed by atoms with van der Waals surface area (Å²) < 4.78 is 10.4. The minimum atomic E-state index is -0.117. The maximum absolute atomic E-state index is 11.2. The molecule has 0 aromatic rings. The third-order valence-corrected chi connectivity index (χ3v) is 2.14. The fourth-order valence-electron chi connectivity index (χ4n) is 1.43. The first-order valence-corrected chi connectivity index (χ1v) is 5.10. The summed E-state index contributed by atoms with van der Waals surface area (Å²) in [6, 6.07) is 0. The fraction of sp³-hybridized carbons (Fsp3) is 0.900. The maximum Gasteiger partial charge on any atom is 0.308 e. The highest BCUT2D eigenvalue weighted by Gasteiger charge is 2.17. The van der Waals surface area contributed by atoms with Crippen molar-refractivity contribution < 1.29 is 14.3 Å². The fourth-order valence-corrected chi connectivity index (χ4v) is 1.43. The van der Waals surface area contributed by atoms with Crippen LogP contribution in [-0.4, -0.2) is 25.3 Å². The Morgan fingerprint density at radius 3 is 3.00 bits per heavy atom. The molecule has 3 heteroatoms. The largest absolute Gasteiger partial charge is 0.466 e. The highest BCUT2D eigenvalue weighted by molar-refractivity contribution is 5.69. The van der Waals surface area contributed by atoms with Crippen molar-refractivity contribution in [1.29, 1.82) is 0 Å². The lowest BCUT2D eigenvalue weighted by molar-refractivity contribution is -0.147. The molecule has 1 unspecified atom stereocenters. The van der Waals surface area contributed by atoms with Crippen LogP contribution in [0.2, 0.25) is 0 Å². The zero-order valence-electron chi connectivity index (χ0n) is 8.25. The Kier molecular flexibility index (Phi) is 4.83. The minimum absolute atomic E-state index is 0.109. The molecule has 3 nitrogen and oxygen atoms in total. The lowest BCUT2D eigenvalue weighted by Crippen LogP contribution is -2.23. The SMILES string of the molecule is CCCOC(=O)CC1CCCCO1. The van der Waals surface area contributed by atoms with Crippen molar-refractivity contribution in [1.82, 2.24) is 0 Å². The van der Waals surface area contributed by atoms with Gasteiger partial charge in [0, 0.05) is 6.61 Å². The number of rotatable bonds is 4. The molecule has 0 aliphatic carbocycles. The van der Waals surface area contributed by atoms with Crippen LogP contribution >= 0.6 is 0 Å². The van der Waals surface area contributed by atoms with Gasteiger partial charge in [-0.15, -0.1) is 0 Å². The lowest BCUT2D eigenvalue weighted by atomic mass is 10.1. The van der Waals surface area contributed by atoms with Crippen LogP contribution in [0, 0.1) is 0 Å². The van der Waals surface area contributed by atoms with Crippen molar-refractivity contribution in [2.24, 2.45) is 0 Å². The van der Waals surface area contributed by atoms with Gasteiger partial charge in [-0.25, -0.2) is 0 Å². The van der Waals surface area contributed by atoms with Gasteiger partial charge in [0.25, 0.3) is 0 Å². The predicted octanol–water partition coefficient (Wildman–Crippen LogP) is 1.90. The van der Waals surface area contributed by atoms with Crippen LogP contribution in [-0.2, 0) is 14.3 Å². The number of esters is 1. The zero-order valence-corrected chi connectivity index (χ0v) is 8.25. The number of hydrogen-bond acceptors (Lipinski definition) is 3. The Bertz CT molecular complexity index is 150. The van der Waals surface area contributed by atoms with Crippen LogP contribution < -0.4 is 0 Å². The molecule has 0 spiro atoms. The zero-order chi connectivity index (χ0) is 9.52. The molecule has 0 N–H and O–H groups in total. The Morgan fingerprint density at radius 2 is 2.38 bits per heavy atom. The summed E-state index contributed by atoms with van der Waals surface area (Å²) in [6.07, 6.45) is 4.73. The number of carbonyl (C=O) groups is 1. The van der Waals surface area contributed by atoms with E-state index in [1.165, 1.54) is 6.42 Å². The van der Waals surface area contributed by atoms with Crippen molar-refractivity contribution >= 4 is 5.97 Å². The Labute approximate surface area is 79.4 Å². The van der Waals surface area contributed by atoms with Gasteiger partial charge in [-0.05, 0) is 25.7 Å². The van der Waals surface area contributed by atoms with E-state index in [4.69, 9.17) is 9.47 Å². The first-order chi connectivity index (χ1) is 6.33. The van der Waals surface area contributed by atoms with Crippen molar-refractivity contribution in [2.45, 2.75) is 45.1 Å². The topological polar surface area (TPSA) is 35.5 Å². The van der Waals surface area contributed by atoms with Crippen molar-refractivity contribution in [3.8, 4) is 0 Å². The van der Waals surface area contributed by atoms with E-state index >= 15 is 0 Å². The molecule has 13 heavy (non-hydrogen) atoms. The van der Waals surface area contributed by atoms with E-state index < -0.39 is 0 Å². The molecule has 0 aromatic heterocycles. The van der Waals surface area contributed by atoms with E-state index in [0.717, 1.165) is 25.9 Å². The van der Waals surface area contributed by atoms with Crippen LogP contribution in [0.25, 0.3) is 0 Å². The molecule has 0 saturated carbocycles. The summed E-state index contributed by atoms with van der Waals surface area (Å²) >= 11 is 0. The van der Waals surface area contributed by atoms with Crippen molar-refractivity contribution in [3.63, 3.8) is 0 Å². The summed E-state index contributed by atoms with van der Waals surface area (Å²) in [6.45, 7) is 3.32. The molecular formula is C10H18O3. The van der Waals surface area contributed by atoms with E-state index in [9.17, 15) is 4.79 Å². The van der Waals surface area contributed by atoms with E-state index in [0.29, 0.717) is 13.0 Å². The quantitative estimate of drug-likeness (QED) is 0.629. The molecule has 1 aliphatic heterocycles. The van der Waals surface area contributed by atoms with E-state index in [1.807, 2.05) is 6.92 Å². The summed E-state index contributed by atoms with van der Waals surface area (Å²) in [5, 5.41) is 0. The smallest absolute Gasteiger partial charge is 0.308 e. The van der Waals surface area contributed by atoms with Gasteiger partial charge in [0.2, 0.25) is 0 Å². The molecule has 1 fully saturated rings. The molecule has 0 radical (unpaired) electrons. The highest BCUT2D eigenvalue weighted by atomic mass is 16.5. The summed E-state index contributed by atoms with van der Waals surface area (Å²) in [4.78, 5) is 11.2. The average Bonchev–Trinajstić information content (AvgIpc) is 2.16. The average molecular weight is 186 g/mol. The molecule has 0 bridgehead atoms. The number of ether oxygens (including phenoxy) is 2. The van der Waals surface area contributed by atoms with Crippen molar-refractivity contribution in [2.75, 3.05) is 13.2 Å². The second-order valence-corrected chi connectivity index (χ2v) is 3.41. The van der Waals surface area contributed by atoms with Gasteiger partial charge in [-0.3, -0.25) is 4.79 Å². The molecule has 0 amide bonds. The monoisotopic (exact) mass is 186 g/mol. The van der Waals surface area contributed by atoms with Crippen LogP contribution in [0.1, 0.15) is 39.0 Å². The standard InChI is InChI=1S/C10H18O3/c1-2-6-13-10(11)8-9-5-3-4-7-12-9/h9H,2-8H2,1H3. The Morgan fingerprint density at radius 1 is 1.54 bits per heavy atom. The van der Waals surface area contributed by atoms with Gasteiger partial charge in [0.1, 0.15) is 0 Å². The molecular weight excluding hydrogens is 168 g/mol. The van der Waals surface area contributed by atoms with Gasteiger partial charge >= 0.3 is 5.97 Å². The molecule has 76 valence electrons. The van der Waals surface area contributed by atoms with Crippen LogP contribution in [0.4, 0.5) is 0 Å². The van der Waals surface area contributed by atoms with Crippen LogP contribution in [0.5, 0.6) is 0 Å². The van der Waals surface area contributed by atoms with Gasteiger partial charge in [-0.1, -0.05) is 6.92 Å². The normalized spacial score (nSPS) is 22.7. The molecule has 1 atom stereocenters. The van der Waals surface area contributed by atoms with E-state index in [-0.39, 0.29) is 12.1 Å². The first-order valence-electron chi connectivity index (χ1n) is 5.10. The summed E-state index contributed by atoms with van der Waals surface area (Å²) in [5.74, 6) is -0.117. The predicted molar refractivity (Wildman–Crippen MR) is 49.5 cm³/mol. The maximum atomic E-state index is 11.2. The van der Waals surface area contributed by atoms with E-state index in [1.54, 1.807) is 0 Å². The van der Waals surface area contributed by atoms with E-state index in [2.05, 4.69) is 0 Å². The van der Waals surface area contributed by atoms with Crippen LogP contribution in [0.15, 0.2) is 0 Å². The third-order valence-electron chi connectivity index (χ3n) is 2.14. The second-order valence-electron chi connectivity index (χ2n) is 3.41. The first kappa shape index (κ1) is 10.5. The molecule has 0 aromatic carbocycles. The molecule has 1 heterocycles. The molecule has 1 rings (SSSR count). The summed E-state index contributed by atoms with van der Waals surface area (Å²) in [5.41, 5.74) is 0. The lowest BCUT2D eigenvalue weighted by Gasteiger charge is -2.21. The minimum Gasteiger partial charge on any atom is -0.466 e. The number of carbonyl (C=O) groups excluding carboxylic acids is 1. The molecule has 1 aliphatic rings. The Hall–Kier alpha value is -0.570. The second kappa shape index (κ2) is 5.97. The van der Waals surface area contributed by atoms with Gasteiger partial charge in [0.05, 0.1) is 19.1 Å². The highest BCUT2D eigenvalue weighted by Crippen LogP contribution is 2.15. The van der Waals surface area contributed by atoms with Gasteiger partial charge in [-0.2, -0.15) is 0 Å². The Balaban J connectivity index is 2.11. The van der Waals surface area contributed by atoms with Gasteiger partial charge in [0.15, 0.2) is 0 Å². The third kappa shape index (κ3) is 4.27. The van der Waals surface area contributed by atoms with Crippen LogP contribution in [0.3, 0.4) is 0 Å². The number of hydrogen-bond donors (Lipinski definition) is 0. The van der Waals surface area contributed by atoms with Gasteiger partial charge < -0.3 is 9.47 Å².